The molecule has 0 aromatic heterocycles. The molecule has 528 valence electrons. The average Bonchev–Trinajstić information content (AvgIpc) is 0.878. The molecule has 93 heavy (non-hydrogen) atoms. The highest BCUT2D eigenvalue weighted by Crippen LogP contribution is 2.34. The zero-order valence-corrected chi connectivity index (χ0v) is 58.6. The molecule has 1 aromatic carbocycles. The molecule has 9 unspecified atom stereocenters. The maximum absolute atomic E-state index is 13.3. The fraction of sp³-hybridized carbons (Fsp3) is 0.722. The lowest BCUT2D eigenvalue weighted by Gasteiger charge is -2.41. The van der Waals surface area contributed by atoms with Gasteiger partial charge in [0.1, 0.15) is 75.7 Å². The first kappa shape index (κ1) is 80.4. The van der Waals surface area contributed by atoms with Crippen LogP contribution in [0.5, 0.6) is 0 Å². The Bertz CT molecular complexity index is 2440. The van der Waals surface area contributed by atoms with Crippen LogP contribution in [-0.2, 0) is 34.0 Å². The molecular formula is C54H90I3N12O24+3. The number of benzene rings is 1. The summed E-state index contributed by atoms with van der Waals surface area (Å²) in [5, 5.41) is 136. The summed E-state index contributed by atoms with van der Waals surface area (Å²) in [5.74, 6) is 0. The summed E-state index contributed by atoms with van der Waals surface area (Å²) in [4.78, 5) is 119. The van der Waals surface area contributed by atoms with Crippen molar-refractivity contribution in [2.24, 2.45) is 0 Å². The van der Waals surface area contributed by atoms with E-state index in [0.717, 1.165) is 29.4 Å². The monoisotopic (exact) mass is 1670 g/mol. The van der Waals surface area contributed by atoms with E-state index >= 15 is 0 Å². The molecule has 0 bridgehead atoms. The van der Waals surface area contributed by atoms with Crippen molar-refractivity contribution in [2.75, 3.05) is 177 Å². The van der Waals surface area contributed by atoms with Crippen LogP contribution < -0.4 is 16.0 Å². The number of halogens is 3. The summed E-state index contributed by atoms with van der Waals surface area (Å²) in [6.45, 7) is -1.02. The van der Waals surface area contributed by atoms with Crippen molar-refractivity contribution >= 4 is 123 Å². The number of carbonyl (C=O) groups is 9. The summed E-state index contributed by atoms with van der Waals surface area (Å²) in [6, 6.07) is -2.91. The minimum absolute atomic E-state index is 0.00829. The van der Waals surface area contributed by atoms with Crippen molar-refractivity contribution in [1.29, 1.82) is 0 Å². The number of aliphatic hydroxyl groups excluding tert-OH is 3. The van der Waals surface area contributed by atoms with E-state index in [1.54, 1.807) is 0 Å². The standard InChI is InChI=1S/C54H87I3N12O24/c1-34-22-64(49(79)80)16-13-61(46(73)74)10-4-58-7-19-67(34,52(85)86)25-37(70)28-91-31-40-43(55)41(32-92-29-38(71)26-68(53(87)88)20-8-59-5-11-62(47(75)76)14-17-65(50(81)82)23-35(68)2)45(57)42(44(40)56)33-93-30-39(72)27-69(54(89)90)21-9-60-6-12-63(48(77)78)15-18-66(51(83)84)24-36(69)3/h34-39,58-60,70-72H,4-33H2,1-3H3,(H6-3,73,74,75,76,77,78,79,80,81,82,83,84,85,86,87,88,89,90)/p+3. The summed E-state index contributed by atoms with van der Waals surface area (Å²) in [6.07, 6.45) is -16.4. The van der Waals surface area contributed by atoms with Gasteiger partial charge < -0.3 is 121 Å². The Hall–Kier alpha value is -5.04. The van der Waals surface area contributed by atoms with Crippen LogP contribution in [0.2, 0.25) is 0 Å². The minimum atomic E-state index is -1.47. The molecule has 15 N–H and O–H groups in total. The van der Waals surface area contributed by atoms with E-state index in [9.17, 15) is 104 Å². The van der Waals surface area contributed by atoms with Crippen LogP contribution in [0.3, 0.4) is 0 Å². The van der Waals surface area contributed by atoms with Crippen molar-refractivity contribution in [3.8, 4) is 0 Å². The quantitative estimate of drug-likeness (QED) is 0.0731. The molecule has 9 amide bonds. The van der Waals surface area contributed by atoms with Gasteiger partial charge in [0.25, 0.3) is 0 Å². The lowest BCUT2D eigenvalue weighted by molar-refractivity contribution is -0.882. The highest BCUT2D eigenvalue weighted by molar-refractivity contribution is 14.1. The van der Waals surface area contributed by atoms with Crippen LogP contribution in [0.25, 0.3) is 0 Å². The Morgan fingerprint density at radius 2 is 0.602 bits per heavy atom. The molecular weight excluding hydrogens is 1580 g/mol. The van der Waals surface area contributed by atoms with Gasteiger partial charge in [0.15, 0.2) is 0 Å². The van der Waals surface area contributed by atoms with Gasteiger partial charge in [-0.25, -0.2) is 42.2 Å². The van der Waals surface area contributed by atoms with E-state index in [4.69, 9.17) is 14.2 Å². The van der Waals surface area contributed by atoms with Gasteiger partial charge in [-0.05, 0) is 88.5 Å². The summed E-state index contributed by atoms with van der Waals surface area (Å²) in [7, 11) is 0. The Balaban J connectivity index is 1.66. The molecule has 0 saturated carbocycles. The normalized spacial score (nSPS) is 25.1. The first-order valence-corrected chi connectivity index (χ1v) is 33.2. The van der Waals surface area contributed by atoms with Gasteiger partial charge in [0, 0.05) is 126 Å². The second kappa shape index (κ2) is 38.0. The van der Waals surface area contributed by atoms with Gasteiger partial charge in [-0.2, -0.15) is 14.4 Å². The number of nitrogens with one attached hydrogen (secondary N) is 3. The molecule has 39 heteroatoms. The van der Waals surface area contributed by atoms with Crippen LogP contribution in [0.4, 0.5) is 43.2 Å². The number of quaternary nitrogens is 3. The second-order valence-corrected chi connectivity index (χ2v) is 26.6. The van der Waals surface area contributed by atoms with Gasteiger partial charge >= 0.3 is 54.8 Å². The summed E-state index contributed by atoms with van der Waals surface area (Å²) < 4.78 is 17.8. The third kappa shape index (κ3) is 22.8. The van der Waals surface area contributed by atoms with Gasteiger partial charge in [-0.1, -0.05) is 0 Å². The first-order valence-electron chi connectivity index (χ1n) is 30.0. The van der Waals surface area contributed by atoms with Crippen LogP contribution in [0.15, 0.2) is 0 Å². The molecule has 4 rings (SSSR count). The Morgan fingerprint density at radius 3 is 0.806 bits per heavy atom. The molecule has 3 heterocycles. The largest absolute Gasteiger partial charge is 0.513 e. The third-order valence-corrected chi connectivity index (χ3v) is 21.2. The molecule has 0 radical (unpaired) electrons. The number of aliphatic hydroxyl groups is 3. The van der Waals surface area contributed by atoms with Gasteiger partial charge in [-0.3, -0.25) is 0 Å². The summed E-state index contributed by atoms with van der Waals surface area (Å²) in [5.41, 5.74) is 1.53. The van der Waals surface area contributed by atoms with Crippen LogP contribution in [-0.4, -0.2) is 372 Å². The molecule has 3 aliphatic rings. The molecule has 36 nitrogen and oxygen atoms in total. The van der Waals surface area contributed by atoms with Crippen LogP contribution >= 0.6 is 67.8 Å². The highest BCUT2D eigenvalue weighted by Gasteiger charge is 2.48. The number of amides is 9. The van der Waals surface area contributed by atoms with Gasteiger partial charge in [0.2, 0.25) is 0 Å². The van der Waals surface area contributed by atoms with Crippen molar-refractivity contribution in [1.82, 2.24) is 45.3 Å². The van der Waals surface area contributed by atoms with Crippen LogP contribution in [0, 0.1) is 10.7 Å². The average molecular weight is 1670 g/mol. The summed E-state index contributed by atoms with van der Waals surface area (Å²) >= 11 is 6.18. The molecule has 3 aliphatic heterocycles. The van der Waals surface area contributed by atoms with E-state index < -0.39 is 144 Å². The topological polar surface area (TPSA) is 480 Å². The molecule has 3 fully saturated rings. The van der Waals surface area contributed by atoms with E-state index in [0.29, 0.717) is 27.4 Å². The maximum Gasteiger partial charge on any atom is 0.513 e. The highest BCUT2D eigenvalue weighted by atomic mass is 127. The SMILES string of the molecule is CC1CN(C(=O)O)CCN(C(=O)O)CCNCC[N+]1(CC(O)COCc1c(I)c(COCC(O)C[N+]2(C(=O)O)CCNCCN(C(=O)O)CCN(C(=O)O)CC2C)c(I)c(COCC(O)C[N+]2(C(=O)O)CCNCCN(C(=O)O)CCN(C(=O)O)CC2C)c1I)C(=O)O. The minimum Gasteiger partial charge on any atom is -0.465 e. The number of ether oxygens (including phenoxy) is 3. The zero-order valence-electron chi connectivity index (χ0n) is 52.1. The fourth-order valence-electron chi connectivity index (χ4n) is 11.7. The second-order valence-electron chi connectivity index (χ2n) is 23.3. The fourth-order valence-corrected chi connectivity index (χ4v) is 15.8. The van der Waals surface area contributed by atoms with Crippen molar-refractivity contribution in [2.45, 2.75) is 77.0 Å². The van der Waals surface area contributed by atoms with Crippen molar-refractivity contribution < 1.29 is 132 Å². The predicted molar refractivity (Wildman–Crippen MR) is 350 cm³/mol. The molecule has 1 aromatic rings. The van der Waals surface area contributed by atoms with Crippen molar-refractivity contribution in [3.63, 3.8) is 0 Å². The van der Waals surface area contributed by atoms with E-state index in [-0.39, 0.29) is 157 Å². The first-order chi connectivity index (χ1) is 43.7. The van der Waals surface area contributed by atoms with E-state index in [2.05, 4.69) is 83.7 Å². The number of rotatable bonds is 18. The number of nitrogens with zero attached hydrogens (tertiary/aromatic N) is 9. The maximum atomic E-state index is 13.3. The Labute approximate surface area is 577 Å². The molecule has 0 spiro atoms. The van der Waals surface area contributed by atoms with Gasteiger partial charge in [0.05, 0.1) is 59.3 Å². The molecule has 0 aliphatic carbocycles. The zero-order chi connectivity index (χ0) is 69.5. The number of carboxylic acid groups (broad SMARTS) is 9. The number of hydrogen-bond donors (Lipinski definition) is 15. The Kier molecular flexibility index (Phi) is 32.9. The van der Waals surface area contributed by atoms with Gasteiger partial charge in [-0.15, -0.1) is 0 Å². The molecule has 9 atom stereocenters. The van der Waals surface area contributed by atoms with Crippen molar-refractivity contribution in [3.05, 3.63) is 27.4 Å². The van der Waals surface area contributed by atoms with E-state index in [1.807, 2.05) is 0 Å². The smallest absolute Gasteiger partial charge is 0.465 e. The van der Waals surface area contributed by atoms with Crippen LogP contribution in [0.1, 0.15) is 37.5 Å². The predicted octanol–water partition coefficient (Wildman–Crippen LogP) is 1.47. The number of hydrogen-bond acceptors (Lipinski definition) is 18. The third-order valence-electron chi connectivity index (χ3n) is 17.3. The molecule has 3 saturated heterocycles. The van der Waals surface area contributed by atoms with E-state index in [1.165, 1.54) is 20.8 Å². The lowest BCUT2D eigenvalue weighted by atomic mass is 10.1. The Morgan fingerprint density at radius 1 is 0.387 bits per heavy atom. The lowest BCUT2D eigenvalue weighted by Crippen LogP contribution is -2.66.